The molecule has 0 aromatic heterocycles. The molecule has 2 bridgehead atoms. The van der Waals surface area contributed by atoms with Gasteiger partial charge >= 0.3 is 6.09 Å². The molecule has 1 N–H and O–H groups in total. The molecule has 1 heterocycles. The Balaban J connectivity index is 1.19. The summed E-state index contributed by atoms with van der Waals surface area (Å²) in [6.45, 7) is 5.66. The van der Waals surface area contributed by atoms with Crippen LogP contribution in [-0.4, -0.2) is 54.4 Å². The highest BCUT2D eigenvalue weighted by atomic mass is 16.6. The van der Waals surface area contributed by atoms with Crippen molar-refractivity contribution in [3.05, 3.63) is 83.5 Å². The number of rotatable bonds is 6. The van der Waals surface area contributed by atoms with Gasteiger partial charge in [-0.25, -0.2) is 4.79 Å². The van der Waals surface area contributed by atoms with Gasteiger partial charge in [0.2, 0.25) is 0 Å². The molecule has 1 saturated heterocycles. The van der Waals surface area contributed by atoms with E-state index >= 15 is 0 Å². The Hall–Kier alpha value is -3.58. The number of nitrogens with zero attached hydrogens (tertiary/aromatic N) is 1. The molecule has 8 atom stereocenters. The number of fused-ring (bicyclic) bond motifs is 2. The summed E-state index contributed by atoms with van der Waals surface area (Å²) >= 11 is 0. The van der Waals surface area contributed by atoms with Crippen LogP contribution >= 0.6 is 0 Å². The van der Waals surface area contributed by atoms with Gasteiger partial charge in [0.05, 0.1) is 33.4 Å². The zero-order valence-corrected chi connectivity index (χ0v) is 27.4. The molecule has 2 aromatic rings. The van der Waals surface area contributed by atoms with Crippen molar-refractivity contribution in [1.82, 2.24) is 4.90 Å². The Morgan fingerprint density at radius 3 is 2.46 bits per heavy atom. The molecule has 3 saturated carbocycles. The van der Waals surface area contributed by atoms with E-state index in [9.17, 15) is 14.7 Å². The monoisotopic (exact) mass is 623 g/mol. The van der Waals surface area contributed by atoms with Crippen molar-refractivity contribution in [3.63, 3.8) is 0 Å². The Bertz CT molecular complexity index is 1670. The van der Waals surface area contributed by atoms with Gasteiger partial charge in [0.1, 0.15) is 17.1 Å². The highest BCUT2D eigenvalue weighted by Gasteiger charge is 2.76. The topological polar surface area (TPSA) is 85.3 Å². The Morgan fingerprint density at radius 1 is 0.957 bits per heavy atom. The fourth-order valence-corrected chi connectivity index (χ4v) is 11.4. The van der Waals surface area contributed by atoms with Crippen LogP contribution in [0.15, 0.2) is 72.3 Å². The number of ether oxygens (including phenoxy) is 3. The molecule has 1 aliphatic heterocycles. The lowest BCUT2D eigenvalue weighted by Crippen LogP contribution is -2.67. The second-order valence-electron chi connectivity index (χ2n) is 15.4. The maximum atomic E-state index is 14.6. The molecular formula is C39H45NO6. The van der Waals surface area contributed by atoms with E-state index in [0.717, 1.165) is 49.7 Å². The highest BCUT2D eigenvalue weighted by Crippen LogP contribution is 2.79. The summed E-state index contributed by atoms with van der Waals surface area (Å²) in [6, 6.07) is 15.4. The van der Waals surface area contributed by atoms with Crippen LogP contribution < -0.4 is 9.47 Å². The van der Waals surface area contributed by atoms with Gasteiger partial charge in [-0.15, -0.1) is 0 Å². The van der Waals surface area contributed by atoms with Crippen molar-refractivity contribution in [2.24, 2.45) is 33.5 Å². The smallest absolute Gasteiger partial charge is 0.410 e. The number of aliphatic hydroxyl groups is 1. The van der Waals surface area contributed by atoms with Crippen LogP contribution in [0.2, 0.25) is 0 Å². The van der Waals surface area contributed by atoms with E-state index in [1.807, 2.05) is 53.4 Å². The minimum absolute atomic E-state index is 0.0537. The number of benzene rings is 2. The number of ketones is 1. The number of aliphatic hydroxyl groups excluding tert-OH is 1. The molecule has 2 aromatic carbocycles. The molecule has 8 unspecified atom stereocenters. The second-order valence-corrected chi connectivity index (χ2v) is 15.4. The van der Waals surface area contributed by atoms with E-state index in [4.69, 9.17) is 14.2 Å². The zero-order valence-electron chi connectivity index (χ0n) is 27.4. The van der Waals surface area contributed by atoms with Crippen molar-refractivity contribution in [3.8, 4) is 11.5 Å². The second kappa shape index (κ2) is 9.96. The van der Waals surface area contributed by atoms with Crippen molar-refractivity contribution in [2.45, 2.75) is 77.0 Å². The summed E-state index contributed by atoms with van der Waals surface area (Å²) in [5.41, 5.74) is 0.708. The average Bonchev–Trinajstić information content (AvgIpc) is 3.55. The normalized spacial score (nSPS) is 40.2. The van der Waals surface area contributed by atoms with Crippen LogP contribution in [0.5, 0.6) is 11.5 Å². The number of carbonyl (C=O) groups excluding carboxylic acids is 2. The summed E-state index contributed by atoms with van der Waals surface area (Å²) in [7, 11) is 3.26. The number of carbonyl (C=O) groups is 2. The molecule has 242 valence electrons. The highest BCUT2D eigenvalue weighted by molar-refractivity contribution is 6.10. The SMILES string of the molecule is COc1ccc(CN2CC3(CCC4C56C=CC7(C=C5C(=O)c5ccccc5)CC(O)CCC7(C)C6CCC43C)OC2=O)c(OC)c1. The van der Waals surface area contributed by atoms with Crippen LogP contribution in [0.25, 0.3) is 0 Å². The molecule has 3 spiro atoms. The molecule has 9 rings (SSSR count). The fraction of sp³-hybridized carbons (Fsp3) is 0.538. The van der Waals surface area contributed by atoms with Crippen molar-refractivity contribution in [2.75, 3.05) is 20.8 Å². The molecule has 7 nitrogen and oxygen atoms in total. The van der Waals surface area contributed by atoms with Crippen LogP contribution in [0.3, 0.4) is 0 Å². The lowest BCUT2D eigenvalue weighted by Gasteiger charge is -2.71. The number of methoxy groups -OCH3 is 2. The summed E-state index contributed by atoms with van der Waals surface area (Å²) < 4.78 is 17.6. The maximum absolute atomic E-state index is 14.6. The molecular weight excluding hydrogens is 578 g/mol. The van der Waals surface area contributed by atoms with E-state index in [-0.39, 0.29) is 46.1 Å². The van der Waals surface area contributed by atoms with Gasteiger partial charge in [-0.05, 0) is 74.3 Å². The van der Waals surface area contributed by atoms with Crippen molar-refractivity contribution >= 4 is 11.9 Å². The zero-order chi connectivity index (χ0) is 32.1. The quantitative estimate of drug-likeness (QED) is 0.272. The third-order valence-electron chi connectivity index (χ3n) is 13.8. The third kappa shape index (κ3) is 3.69. The largest absolute Gasteiger partial charge is 0.497 e. The van der Waals surface area contributed by atoms with Gasteiger partial charge in [-0.3, -0.25) is 9.69 Å². The van der Waals surface area contributed by atoms with E-state index in [2.05, 4.69) is 32.1 Å². The molecule has 1 amide bonds. The Morgan fingerprint density at radius 2 is 1.70 bits per heavy atom. The third-order valence-corrected chi connectivity index (χ3v) is 13.8. The summed E-state index contributed by atoms with van der Waals surface area (Å²) in [6.07, 6.45) is 12.3. The summed E-state index contributed by atoms with van der Waals surface area (Å²) in [5.74, 6) is 1.89. The number of allylic oxidation sites excluding steroid dienone is 4. The van der Waals surface area contributed by atoms with Gasteiger partial charge in [-0.1, -0.05) is 62.4 Å². The maximum Gasteiger partial charge on any atom is 0.410 e. The van der Waals surface area contributed by atoms with E-state index in [0.29, 0.717) is 36.6 Å². The summed E-state index contributed by atoms with van der Waals surface area (Å²) in [5, 5.41) is 10.9. The first-order valence-corrected chi connectivity index (χ1v) is 17.0. The van der Waals surface area contributed by atoms with Crippen LogP contribution in [0.4, 0.5) is 4.79 Å². The molecule has 7 aliphatic rings. The van der Waals surface area contributed by atoms with E-state index in [1.165, 1.54) is 0 Å². The van der Waals surface area contributed by atoms with Gasteiger partial charge < -0.3 is 19.3 Å². The Kier molecular flexibility index (Phi) is 6.45. The minimum Gasteiger partial charge on any atom is -0.497 e. The van der Waals surface area contributed by atoms with Crippen LogP contribution in [0, 0.1) is 33.5 Å². The molecule has 4 fully saturated rings. The summed E-state index contributed by atoms with van der Waals surface area (Å²) in [4.78, 5) is 30.2. The van der Waals surface area contributed by atoms with Gasteiger partial charge in [0.15, 0.2) is 5.78 Å². The fourth-order valence-electron chi connectivity index (χ4n) is 11.4. The van der Waals surface area contributed by atoms with E-state index in [1.54, 1.807) is 14.2 Å². The molecule has 7 heteroatoms. The number of Topliss-reactive ketones (excluding diaryl/α,β-unsaturated/α-hetero) is 1. The number of hydrogen-bond acceptors (Lipinski definition) is 6. The predicted molar refractivity (Wildman–Crippen MR) is 174 cm³/mol. The standard InChI is InChI=1S/C39H45NO6/c1-35-15-12-27(41)21-37(35)18-19-39(29(22-37)33(42)25-8-6-5-7-9-25)31(35)13-16-36(2)32(39)14-17-38(36)24-40(34(43)46-38)23-26-10-11-28(44-3)20-30(26)45-4/h5-11,18-20,22,27,31-32,41H,12-17,21,23-24H2,1-4H3. The van der Waals surface area contributed by atoms with Gasteiger partial charge in [-0.2, -0.15) is 0 Å². The van der Waals surface area contributed by atoms with Gasteiger partial charge in [0.25, 0.3) is 0 Å². The first-order valence-electron chi connectivity index (χ1n) is 17.0. The van der Waals surface area contributed by atoms with Crippen molar-refractivity contribution in [1.29, 1.82) is 0 Å². The molecule has 0 radical (unpaired) electrons. The van der Waals surface area contributed by atoms with Crippen LogP contribution in [-0.2, 0) is 11.3 Å². The minimum atomic E-state index is -0.640. The molecule has 6 aliphatic carbocycles. The van der Waals surface area contributed by atoms with Gasteiger partial charge in [0, 0.05) is 39.0 Å². The van der Waals surface area contributed by atoms with E-state index < -0.39 is 11.0 Å². The van der Waals surface area contributed by atoms with Crippen LogP contribution in [0.1, 0.15) is 74.7 Å². The predicted octanol–water partition coefficient (Wildman–Crippen LogP) is 7.14. The number of amides is 1. The average molecular weight is 624 g/mol. The lowest BCUT2D eigenvalue weighted by atomic mass is 9.32. The lowest BCUT2D eigenvalue weighted by molar-refractivity contribution is -0.164. The number of hydrogen-bond donors (Lipinski definition) is 1. The van der Waals surface area contributed by atoms with Crippen molar-refractivity contribution < 1.29 is 28.9 Å². The first kappa shape index (κ1) is 29.8. The Labute approximate surface area is 271 Å². The first-order chi connectivity index (χ1) is 22.0. The molecule has 46 heavy (non-hydrogen) atoms.